The molecule has 0 bridgehead atoms. The SMILES string of the molecule is Cc1ccc([N+](=O)[O-])c(N2CCOC(C(C)N)C2)c1. The second-order valence-electron chi connectivity index (χ2n) is 4.96. The largest absolute Gasteiger partial charge is 0.373 e. The van der Waals surface area contributed by atoms with E-state index in [2.05, 4.69) is 0 Å². The van der Waals surface area contributed by atoms with E-state index in [9.17, 15) is 10.1 Å². The zero-order chi connectivity index (χ0) is 14.0. The van der Waals surface area contributed by atoms with Crippen LogP contribution in [0.5, 0.6) is 0 Å². The third-order valence-corrected chi connectivity index (χ3v) is 3.35. The van der Waals surface area contributed by atoms with Crippen LogP contribution in [0.1, 0.15) is 12.5 Å². The van der Waals surface area contributed by atoms with Gasteiger partial charge in [-0.15, -0.1) is 0 Å². The molecule has 2 N–H and O–H groups in total. The van der Waals surface area contributed by atoms with E-state index in [1.54, 1.807) is 12.1 Å². The molecule has 2 unspecified atom stereocenters. The number of nitrogens with zero attached hydrogens (tertiary/aromatic N) is 2. The Hall–Kier alpha value is -1.66. The molecular formula is C13H19N3O3. The number of nitrogens with two attached hydrogens (primary N) is 1. The van der Waals surface area contributed by atoms with E-state index in [1.165, 1.54) is 0 Å². The monoisotopic (exact) mass is 265 g/mol. The quantitative estimate of drug-likeness (QED) is 0.661. The first kappa shape index (κ1) is 13.8. The molecule has 1 heterocycles. The molecule has 19 heavy (non-hydrogen) atoms. The van der Waals surface area contributed by atoms with Gasteiger partial charge in [0.1, 0.15) is 5.69 Å². The zero-order valence-corrected chi connectivity index (χ0v) is 11.2. The number of morpholine rings is 1. The third kappa shape index (κ3) is 3.02. The molecule has 0 saturated carbocycles. The molecule has 0 spiro atoms. The highest BCUT2D eigenvalue weighted by Crippen LogP contribution is 2.30. The topological polar surface area (TPSA) is 81.6 Å². The highest BCUT2D eigenvalue weighted by atomic mass is 16.6. The van der Waals surface area contributed by atoms with Gasteiger partial charge in [0.15, 0.2) is 0 Å². The zero-order valence-electron chi connectivity index (χ0n) is 11.2. The van der Waals surface area contributed by atoms with Crippen LogP contribution in [0.3, 0.4) is 0 Å². The van der Waals surface area contributed by atoms with Crippen LogP contribution < -0.4 is 10.6 Å². The van der Waals surface area contributed by atoms with E-state index in [4.69, 9.17) is 10.5 Å². The lowest BCUT2D eigenvalue weighted by Gasteiger charge is -2.35. The van der Waals surface area contributed by atoms with Crippen molar-refractivity contribution in [3.8, 4) is 0 Å². The summed E-state index contributed by atoms with van der Waals surface area (Å²) in [6.45, 7) is 5.59. The van der Waals surface area contributed by atoms with Crippen LogP contribution in [-0.2, 0) is 4.74 Å². The fraction of sp³-hybridized carbons (Fsp3) is 0.538. The lowest BCUT2D eigenvalue weighted by atomic mass is 10.1. The molecule has 6 heteroatoms. The van der Waals surface area contributed by atoms with Crippen LogP contribution in [0.15, 0.2) is 18.2 Å². The van der Waals surface area contributed by atoms with Crippen LogP contribution in [-0.4, -0.2) is 36.8 Å². The first-order valence-corrected chi connectivity index (χ1v) is 6.36. The van der Waals surface area contributed by atoms with Crippen molar-refractivity contribution in [2.45, 2.75) is 26.0 Å². The molecule has 6 nitrogen and oxygen atoms in total. The molecule has 1 fully saturated rings. The average molecular weight is 265 g/mol. The molecule has 1 aliphatic heterocycles. The maximum Gasteiger partial charge on any atom is 0.292 e. The van der Waals surface area contributed by atoms with Gasteiger partial charge in [0.25, 0.3) is 5.69 Å². The summed E-state index contributed by atoms with van der Waals surface area (Å²) in [5.41, 5.74) is 7.64. The number of aryl methyl sites for hydroxylation is 1. The number of nitro groups is 1. The van der Waals surface area contributed by atoms with E-state index in [1.807, 2.05) is 24.8 Å². The van der Waals surface area contributed by atoms with Gasteiger partial charge in [-0.3, -0.25) is 10.1 Å². The van der Waals surface area contributed by atoms with Crippen LogP contribution in [0.2, 0.25) is 0 Å². The van der Waals surface area contributed by atoms with Gasteiger partial charge < -0.3 is 15.4 Å². The van der Waals surface area contributed by atoms with Gasteiger partial charge in [-0.1, -0.05) is 6.07 Å². The Bertz CT molecular complexity index is 476. The van der Waals surface area contributed by atoms with Crippen molar-refractivity contribution in [1.29, 1.82) is 0 Å². The summed E-state index contributed by atoms with van der Waals surface area (Å²) in [5, 5.41) is 11.1. The van der Waals surface area contributed by atoms with E-state index < -0.39 is 0 Å². The summed E-state index contributed by atoms with van der Waals surface area (Å²) in [4.78, 5) is 12.8. The summed E-state index contributed by atoms with van der Waals surface area (Å²) in [6, 6.07) is 5.07. The predicted molar refractivity (Wildman–Crippen MR) is 73.4 cm³/mol. The van der Waals surface area contributed by atoms with Crippen molar-refractivity contribution in [2.24, 2.45) is 5.73 Å². The molecular weight excluding hydrogens is 246 g/mol. The van der Waals surface area contributed by atoms with Gasteiger partial charge in [0.05, 0.1) is 17.6 Å². The van der Waals surface area contributed by atoms with Crippen molar-refractivity contribution in [2.75, 3.05) is 24.6 Å². The van der Waals surface area contributed by atoms with Crippen molar-refractivity contribution in [3.05, 3.63) is 33.9 Å². The Balaban J connectivity index is 2.30. The lowest BCUT2D eigenvalue weighted by molar-refractivity contribution is -0.384. The normalized spacial score (nSPS) is 21.2. The highest BCUT2D eigenvalue weighted by molar-refractivity contribution is 5.64. The summed E-state index contributed by atoms with van der Waals surface area (Å²) in [6.07, 6.45) is -0.0890. The molecule has 0 aliphatic carbocycles. The maximum absolute atomic E-state index is 11.1. The number of anilines is 1. The van der Waals surface area contributed by atoms with Crippen molar-refractivity contribution >= 4 is 11.4 Å². The second kappa shape index (κ2) is 5.54. The molecule has 0 aromatic heterocycles. The van der Waals surface area contributed by atoms with E-state index in [-0.39, 0.29) is 22.8 Å². The second-order valence-corrected chi connectivity index (χ2v) is 4.96. The molecule has 1 aliphatic rings. The number of hydrogen-bond donors (Lipinski definition) is 1. The van der Waals surface area contributed by atoms with E-state index >= 15 is 0 Å². The van der Waals surface area contributed by atoms with E-state index in [0.29, 0.717) is 25.4 Å². The number of nitro benzene ring substituents is 1. The molecule has 0 radical (unpaired) electrons. The Morgan fingerprint density at radius 1 is 1.58 bits per heavy atom. The Morgan fingerprint density at radius 3 is 2.95 bits per heavy atom. The highest BCUT2D eigenvalue weighted by Gasteiger charge is 2.27. The molecule has 104 valence electrons. The Kier molecular flexibility index (Phi) is 4.01. The van der Waals surface area contributed by atoms with Gasteiger partial charge >= 0.3 is 0 Å². The first-order valence-electron chi connectivity index (χ1n) is 6.36. The van der Waals surface area contributed by atoms with Crippen LogP contribution in [0, 0.1) is 17.0 Å². The van der Waals surface area contributed by atoms with Gasteiger partial charge in [-0.05, 0) is 25.5 Å². The molecule has 2 atom stereocenters. The fourth-order valence-corrected chi connectivity index (χ4v) is 2.25. The number of hydrogen-bond acceptors (Lipinski definition) is 5. The molecule has 1 aromatic carbocycles. The number of rotatable bonds is 3. The lowest BCUT2D eigenvalue weighted by Crippen LogP contribution is -2.49. The Labute approximate surface area is 112 Å². The molecule has 0 amide bonds. The van der Waals surface area contributed by atoms with Crippen LogP contribution in [0.4, 0.5) is 11.4 Å². The van der Waals surface area contributed by atoms with Gasteiger partial charge in [-0.25, -0.2) is 0 Å². The summed E-state index contributed by atoms with van der Waals surface area (Å²) in [5.74, 6) is 0. The Morgan fingerprint density at radius 2 is 2.32 bits per heavy atom. The minimum Gasteiger partial charge on any atom is -0.373 e. The molecule has 2 rings (SSSR count). The predicted octanol–water partition coefficient (Wildman–Crippen LogP) is 1.46. The number of ether oxygens (including phenoxy) is 1. The maximum atomic E-state index is 11.1. The van der Waals surface area contributed by atoms with Crippen molar-refractivity contribution in [3.63, 3.8) is 0 Å². The molecule has 1 saturated heterocycles. The molecule has 1 aromatic rings. The van der Waals surface area contributed by atoms with Crippen molar-refractivity contribution < 1.29 is 9.66 Å². The minimum absolute atomic E-state index is 0.0890. The third-order valence-electron chi connectivity index (χ3n) is 3.35. The van der Waals surface area contributed by atoms with Gasteiger partial charge in [-0.2, -0.15) is 0 Å². The standard InChI is InChI=1S/C13H19N3O3/c1-9-3-4-11(16(17)18)12(7-9)15-5-6-19-13(8-15)10(2)14/h3-4,7,10,13H,5-6,8,14H2,1-2H3. The van der Waals surface area contributed by atoms with E-state index in [0.717, 1.165) is 5.56 Å². The van der Waals surface area contributed by atoms with Crippen molar-refractivity contribution in [1.82, 2.24) is 0 Å². The number of benzene rings is 1. The van der Waals surface area contributed by atoms with Crippen LogP contribution in [0.25, 0.3) is 0 Å². The average Bonchev–Trinajstić information content (AvgIpc) is 2.38. The van der Waals surface area contributed by atoms with Gasteiger partial charge in [0, 0.05) is 25.2 Å². The summed E-state index contributed by atoms with van der Waals surface area (Å²) in [7, 11) is 0. The summed E-state index contributed by atoms with van der Waals surface area (Å²) >= 11 is 0. The summed E-state index contributed by atoms with van der Waals surface area (Å²) < 4.78 is 5.59. The first-order chi connectivity index (χ1) is 8.99. The minimum atomic E-state index is -0.342. The van der Waals surface area contributed by atoms with Gasteiger partial charge in [0.2, 0.25) is 0 Å². The smallest absolute Gasteiger partial charge is 0.292 e. The van der Waals surface area contributed by atoms with Crippen LogP contribution >= 0.6 is 0 Å². The fourth-order valence-electron chi connectivity index (χ4n) is 2.25.